The Balaban J connectivity index is 1.12. The van der Waals surface area contributed by atoms with E-state index < -0.39 is 53.2 Å². The Morgan fingerprint density at radius 2 is 1.58 bits per heavy atom. The maximum atomic E-state index is 14.1. The summed E-state index contributed by atoms with van der Waals surface area (Å²) in [4.78, 5) is 76.3. The Morgan fingerprint density at radius 3 is 2.17 bits per heavy atom. The van der Waals surface area contributed by atoms with Crippen LogP contribution in [0.1, 0.15) is 86.8 Å². The number of aliphatic carboxylic acids is 1. The number of Topliss-reactive ketones (excluding diaryl/α,β-unsaturated/α-hetero) is 1. The molecule has 52 heavy (non-hydrogen) atoms. The highest BCUT2D eigenvalue weighted by Gasteiger charge is 2.44. The number of hydrogen-bond donors (Lipinski definition) is 3. The molecule has 3 N–H and O–H groups in total. The largest absolute Gasteiger partial charge is 0.481 e. The molecule has 274 valence electrons. The van der Waals surface area contributed by atoms with Gasteiger partial charge in [-0.05, 0) is 46.4 Å². The fraction of sp³-hybridized carbons (Fsp3) is 0.475. The highest BCUT2D eigenvalue weighted by Crippen LogP contribution is 2.44. The van der Waals surface area contributed by atoms with Crippen LogP contribution in [0.5, 0.6) is 0 Å². The molecule has 1 aliphatic heterocycles. The van der Waals surface area contributed by atoms with E-state index in [1.165, 1.54) is 23.5 Å². The lowest BCUT2D eigenvalue weighted by Crippen LogP contribution is -2.51. The zero-order chi connectivity index (χ0) is 37.0. The molecule has 0 unspecified atom stereocenters. The molecule has 3 aliphatic rings. The van der Waals surface area contributed by atoms with Crippen LogP contribution in [0.3, 0.4) is 0 Å². The van der Waals surface area contributed by atoms with E-state index in [0.29, 0.717) is 0 Å². The summed E-state index contributed by atoms with van der Waals surface area (Å²) in [5.74, 6) is -4.53. The number of aromatic nitrogens is 2. The topological polar surface area (TPSA) is 168 Å². The third-order valence-electron chi connectivity index (χ3n) is 10.9. The van der Waals surface area contributed by atoms with E-state index in [0.717, 1.165) is 54.4 Å². The summed E-state index contributed by atoms with van der Waals surface area (Å²) in [7, 11) is 0. The van der Waals surface area contributed by atoms with Crippen molar-refractivity contribution in [3.63, 3.8) is 0 Å². The minimum Gasteiger partial charge on any atom is -0.481 e. The third kappa shape index (κ3) is 8.00. The molecular weight excluding hydrogens is 662 g/mol. The second-order valence-electron chi connectivity index (χ2n) is 15.3. The summed E-state index contributed by atoms with van der Waals surface area (Å²) >= 11 is 0. The van der Waals surface area contributed by atoms with Crippen molar-refractivity contribution >= 4 is 29.7 Å². The molecule has 0 radical (unpaired) electrons. The maximum Gasteiger partial charge on any atom is 0.409 e. The van der Waals surface area contributed by atoms with Crippen LogP contribution in [0.2, 0.25) is 0 Å². The van der Waals surface area contributed by atoms with Crippen molar-refractivity contribution in [2.24, 2.45) is 23.2 Å². The predicted molar refractivity (Wildman–Crippen MR) is 192 cm³/mol. The monoisotopic (exact) mass is 709 g/mol. The molecule has 12 nitrogen and oxygen atoms in total. The highest BCUT2D eigenvalue weighted by molar-refractivity contribution is 5.97. The Kier molecular flexibility index (Phi) is 11.0. The van der Waals surface area contributed by atoms with E-state index in [9.17, 15) is 29.1 Å². The first kappa shape index (κ1) is 36.7. The molecule has 12 heteroatoms. The van der Waals surface area contributed by atoms with Gasteiger partial charge >= 0.3 is 12.1 Å². The maximum absolute atomic E-state index is 14.1. The van der Waals surface area contributed by atoms with Crippen molar-refractivity contribution in [3.8, 4) is 11.1 Å². The molecule has 1 aromatic heterocycles. The second kappa shape index (κ2) is 15.6. The van der Waals surface area contributed by atoms with Crippen molar-refractivity contribution in [3.05, 3.63) is 83.9 Å². The Hall–Kier alpha value is -5.13. The number of carboxylic acid groups (broad SMARTS) is 1. The van der Waals surface area contributed by atoms with Crippen molar-refractivity contribution in [1.82, 2.24) is 25.5 Å². The number of benzene rings is 2. The number of ketones is 1. The number of rotatable bonds is 11. The number of amides is 3. The molecule has 2 aromatic carbocycles. The lowest BCUT2D eigenvalue weighted by molar-refractivity contribution is -0.142. The van der Waals surface area contributed by atoms with E-state index in [1.807, 2.05) is 69.3 Å². The number of carbonyl (C=O) groups excluding carboxylic acids is 4. The first-order chi connectivity index (χ1) is 24.9. The van der Waals surface area contributed by atoms with Gasteiger partial charge < -0.3 is 25.4 Å². The van der Waals surface area contributed by atoms with Crippen LogP contribution >= 0.6 is 0 Å². The van der Waals surface area contributed by atoms with Gasteiger partial charge in [0.2, 0.25) is 5.91 Å². The van der Waals surface area contributed by atoms with Crippen LogP contribution in [0, 0.1) is 23.2 Å². The van der Waals surface area contributed by atoms with E-state index >= 15 is 0 Å². The quantitative estimate of drug-likeness (QED) is 0.242. The molecule has 1 saturated carbocycles. The van der Waals surface area contributed by atoms with E-state index in [-0.39, 0.29) is 49.4 Å². The van der Waals surface area contributed by atoms with E-state index in [2.05, 4.69) is 20.6 Å². The van der Waals surface area contributed by atoms with Crippen LogP contribution in [0.15, 0.2) is 67.1 Å². The molecule has 0 bridgehead atoms. The number of likely N-dealkylation sites (tertiary alicyclic amines) is 1. The average Bonchev–Trinajstić information content (AvgIpc) is 3.71. The van der Waals surface area contributed by atoms with Gasteiger partial charge in [0.1, 0.15) is 12.3 Å². The molecule has 0 spiro atoms. The SMILES string of the molecule is CC(C)(C)[C@H](CC(=O)[C@@H](NC(=O)c1cnccn1)C1CCCCC1)C(=O)N[C@H]1CN(C(=O)OCC2c3ccccc3-c3ccccc32)C[C@H]1C(=O)O. The number of carboxylic acids is 1. The summed E-state index contributed by atoms with van der Waals surface area (Å²) < 4.78 is 5.80. The van der Waals surface area contributed by atoms with Gasteiger partial charge in [0, 0.05) is 43.7 Å². The van der Waals surface area contributed by atoms with Gasteiger partial charge in [0.15, 0.2) is 5.78 Å². The summed E-state index contributed by atoms with van der Waals surface area (Å²) in [6, 6.07) is 14.3. The zero-order valence-corrected chi connectivity index (χ0v) is 29.9. The normalized spacial score (nSPS) is 19.9. The molecule has 6 rings (SSSR count). The molecule has 3 aromatic rings. The van der Waals surface area contributed by atoms with Gasteiger partial charge in [-0.3, -0.25) is 24.2 Å². The number of carbonyl (C=O) groups is 5. The summed E-state index contributed by atoms with van der Waals surface area (Å²) in [6.45, 7) is 5.46. The van der Waals surface area contributed by atoms with Gasteiger partial charge in [-0.1, -0.05) is 88.6 Å². The van der Waals surface area contributed by atoms with Gasteiger partial charge in [-0.25, -0.2) is 9.78 Å². The lowest BCUT2D eigenvalue weighted by atomic mass is 9.74. The number of ether oxygens (including phenoxy) is 1. The minimum absolute atomic E-state index is 0.0525. The Morgan fingerprint density at radius 1 is 0.923 bits per heavy atom. The third-order valence-corrected chi connectivity index (χ3v) is 10.9. The second-order valence-corrected chi connectivity index (χ2v) is 15.3. The molecule has 3 amide bonds. The van der Waals surface area contributed by atoms with Crippen LogP contribution in [0.25, 0.3) is 11.1 Å². The van der Waals surface area contributed by atoms with Crippen molar-refractivity contribution in [1.29, 1.82) is 0 Å². The molecular formula is C40H47N5O7. The Bertz CT molecular complexity index is 1760. The fourth-order valence-electron chi connectivity index (χ4n) is 8.00. The van der Waals surface area contributed by atoms with Gasteiger partial charge in [-0.15, -0.1) is 0 Å². The highest BCUT2D eigenvalue weighted by atomic mass is 16.6. The molecule has 1 saturated heterocycles. The zero-order valence-electron chi connectivity index (χ0n) is 29.9. The van der Waals surface area contributed by atoms with E-state index in [1.54, 1.807) is 0 Å². The van der Waals surface area contributed by atoms with Crippen LogP contribution < -0.4 is 10.6 Å². The summed E-state index contributed by atoms with van der Waals surface area (Å²) in [5.41, 5.74) is 3.73. The first-order valence-electron chi connectivity index (χ1n) is 18.1. The summed E-state index contributed by atoms with van der Waals surface area (Å²) in [5, 5.41) is 15.9. The average molecular weight is 710 g/mol. The lowest BCUT2D eigenvalue weighted by Gasteiger charge is -2.34. The number of nitrogens with one attached hydrogen (secondary N) is 2. The number of fused-ring (bicyclic) bond motifs is 3. The van der Waals surface area contributed by atoms with Gasteiger partial charge in [0.25, 0.3) is 5.91 Å². The Labute approximate surface area is 303 Å². The van der Waals surface area contributed by atoms with Crippen molar-refractivity contribution in [2.45, 2.75) is 77.3 Å². The van der Waals surface area contributed by atoms with Crippen molar-refractivity contribution in [2.75, 3.05) is 19.7 Å². The summed E-state index contributed by atoms with van der Waals surface area (Å²) in [6.07, 6.45) is 7.90. The van der Waals surface area contributed by atoms with Crippen LogP contribution in [0.4, 0.5) is 4.79 Å². The molecule has 2 heterocycles. The minimum atomic E-state index is -1.15. The number of hydrogen-bond acceptors (Lipinski definition) is 8. The first-order valence-corrected chi connectivity index (χ1v) is 18.1. The van der Waals surface area contributed by atoms with E-state index in [4.69, 9.17) is 4.74 Å². The predicted octanol–water partition coefficient (Wildman–Crippen LogP) is 5.23. The standard InChI is InChI=1S/C40H47N5O7/c1-40(2,3)31(19-34(46)35(24-11-5-4-6-12-24)44-37(48)32-20-41-17-18-42-32)36(47)43-33-22-45(21-29(33)38(49)50)39(51)52-23-30-27-15-9-7-13-25(27)26-14-8-10-16-28(26)30/h7-10,13-18,20,24,29-31,33,35H,4-6,11-12,19,21-23H2,1-3H3,(H,43,47)(H,44,48)(H,49,50)/t29-,31-,33+,35+/m1/s1. The number of nitrogens with zero attached hydrogens (tertiary/aromatic N) is 3. The van der Waals surface area contributed by atoms with Gasteiger partial charge in [0.05, 0.1) is 24.2 Å². The van der Waals surface area contributed by atoms with Gasteiger partial charge in [-0.2, -0.15) is 0 Å². The van der Waals surface area contributed by atoms with Crippen LogP contribution in [-0.4, -0.2) is 81.4 Å². The molecule has 4 atom stereocenters. The van der Waals surface area contributed by atoms with Crippen LogP contribution in [-0.2, 0) is 19.1 Å². The smallest absolute Gasteiger partial charge is 0.409 e. The molecule has 2 aliphatic carbocycles. The van der Waals surface area contributed by atoms with Crippen molar-refractivity contribution < 1.29 is 33.8 Å². The molecule has 2 fully saturated rings. The fourth-order valence-corrected chi connectivity index (χ4v) is 8.00.